The molecule has 19 heteroatoms. The maximum absolute atomic E-state index is 13.5. The quantitative estimate of drug-likeness (QED) is 0.107. The Morgan fingerprint density at radius 3 is 2.40 bits per heavy atom. The van der Waals surface area contributed by atoms with Gasteiger partial charge < -0.3 is 60.2 Å². The topological polar surface area (TPSA) is 266 Å². The van der Waals surface area contributed by atoms with Crippen LogP contribution in [-0.2, 0) is 14.2 Å². The number of aliphatic hydroxyl groups is 7. The molecule has 0 amide bonds. The van der Waals surface area contributed by atoms with E-state index in [1.807, 2.05) is 11.0 Å². The van der Waals surface area contributed by atoms with Crippen LogP contribution in [0.2, 0.25) is 0 Å². The molecule has 55 heavy (non-hydrogen) atoms. The van der Waals surface area contributed by atoms with Crippen molar-refractivity contribution in [2.24, 2.45) is 0 Å². The molecule has 4 fully saturated rings. The molecular weight excluding hydrogens is 722 g/mol. The number of pyridine rings is 2. The minimum absolute atomic E-state index is 0.0404. The third-order valence-electron chi connectivity index (χ3n) is 11.2. The van der Waals surface area contributed by atoms with Crippen LogP contribution in [0, 0.1) is 6.92 Å². The molecule has 0 aromatic carbocycles. The molecule has 0 bridgehead atoms. The van der Waals surface area contributed by atoms with E-state index in [1.54, 1.807) is 30.0 Å². The molecule has 300 valence electrons. The minimum atomic E-state index is -2.17. The van der Waals surface area contributed by atoms with Crippen molar-refractivity contribution in [2.75, 3.05) is 56.2 Å². The number of anilines is 3. The van der Waals surface area contributed by atoms with Gasteiger partial charge in [-0.3, -0.25) is 19.1 Å². The number of β-amino-alcohol motifs (C(OH)–C–C–N with tert-alkyl or cyclic N) is 1. The SMILES string of the molecule is CC(=O)c1c(C)c2cnc(Nc3ccc(N4CCN(CC5(O)OC[C@@H](O)[C@@H](O[C@@H]6O[C@H](CO)[C@H](O)[C@H](O)[C@H]6O)[C@@H]5O)CC4)cn3)nc2n(C2CCCC2)c1=O. The van der Waals surface area contributed by atoms with Crippen molar-refractivity contribution < 1.29 is 54.8 Å². The number of nitrogens with one attached hydrogen (secondary N) is 1. The summed E-state index contributed by atoms with van der Waals surface area (Å²) in [5.41, 5.74) is 1.74. The number of carbonyl (C=O) groups excluding carboxylic acids is 1. The average Bonchev–Trinajstić information content (AvgIpc) is 3.70. The number of aromatic nitrogens is 4. The fourth-order valence-electron chi connectivity index (χ4n) is 8.07. The molecule has 1 unspecified atom stereocenters. The van der Waals surface area contributed by atoms with Gasteiger partial charge in [-0.25, -0.2) is 9.97 Å². The van der Waals surface area contributed by atoms with Gasteiger partial charge in [-0.1, -0.05) is 12.8 Å². The summed E-state index contributed by atoms with van der Waals surface area (Å²) in [6.45, 7) is 3.94. The van der Waals surface area contributed by atoms with Gasteiger partial charge in [0.15, 0.2) is 12.1 Å². The van der Waals surface area contributed by atoms with E-state index in [0.717, 1.165) is 31.4 Å². The van der Waals surface area contributed by atoms with Crippen LogP contribution in [0.3, 0.4) is 0 Å². The van der Waals surface area contributed by atoms with Gasteiger partial charge >= 0.3 is 0 Å². The monoisotopic (exact) mass is 771 g/mol. The predicted octanol–water partition coefficient (Wildman–Crippen LogP) is -1.70. The van der Waals surface area contributed by atoms with Gasteiger partial charge in [-0.15, -0.1) is 0 Å². The number of ether oxygens (including phenoxy) is 3. The van der Waals surface area contributed by atoms with Crippen molar-refractivity contribution in [1.29, 1.82) is 0 Å². The van der Waals surface area contributed by atoms with E-state index in [0.29, 0.717) is 48.6 Å². The predicted molar refractivity (Wildman–Crippen MR) is 194 cm³/mol. The van der Waals surface area contributed by atoms with Crippen molar-refractivity contribution in [3.63, 3.8) is 0 Å². The second-order valence-electron chi connectivity index (χ2n) is 14.9. The zero-order valence-corrected chi connectivity index (χ0v) is 30.6. The highest BCUT2D eigenvalue weighted by molar-refractivity contribution is 5.99. The number of piperazine rings is 1. The van der Waals surface area contributed by atoms with Crippen LogP contribution in [-0.4, -0.2) is 167 Å². The van der Waals surface area contributed by atoms with Crippen molar-refractivity contribution in [3.05, 3.63) is 46.0 Å². The molecule has 3 aliphatic heterocycles. The zero-order chi connectivity index (χ0) is 39.2. The summed E-state index contributed by atoms with van der Waals surface area (Å²) < 4.78 is 18.2. The Hall–Kier alpha value is -3.73. The van der Waals surface area contributed by atoms with E-state index in [-0.39, 0.29) is 35.4 Å². The van der Waals surface area contributed by atoms with E-state index in [9.17, 15) is 45.3 Å². The third-order valence-corrected chi connectivity index (χ3v) is 11.2. The van der Waals surface area contributed by atoms with Gasteiger partial charge in [0.2, 0.25) is 11.7 Å². The van der Waals surface area contributed by atoms with Crippen LogP contribution in [0.15, 0.2) is 29.3 Å². The second-order valence-corrected chi connectivity index (χ2v) is 14.9. The van der Waals surface area contributed by atoms with Gasteiger partial charge in [0.25, 0.3) is 5.56 Å². The highest BCUT2D eigenvalue weighted by atomic mass is 16.7. The number of aliphatic hydroxyl groups excluding tert-OH is 6. The van der Waals surface area contributed by atoms with E-state index in [1.165, 1.54) is 6.92 Å². The van der Waals surface area contributed by atoms with Gasteiger partial charge in [0.05, 0.1) is 37.2 Å². The van der Waals surface area contributed by atoms with E-state index >= 15 is 0 Å². The smallest absolute Gasteiger partial charge is 0.263 e. The molecule has 6 heterocycles. The lowest BCUT2D eigenvalue weighted by molar-refractivity contribution is -0.370. The molecule has 8 N–H and O–H groups in total. The number of nitrogens with zero attached hydrogens (tertiary/aromatic N) is 6. The number of fused-ring (bicyclic) bond motifs is 1. The van der Waals surface area contributed by atoms with Crippen LogP contribution in [0.4, 0.5) is 17.5 Å². The van der Waals surface area contributed by atoms with Crippen LogP contribution >= 0.6 is 0 Å². The first-order chi connectivity index (χ1) is 26.3. The molecule has 19 nitrogen and oxygen atoms in total. The largest absolute Gasteiger partial charge is 0.394 e. The summed E-state index contributed by atoms with van der Waals surface area (Å²) in [7, 11) is 0. The van der Waals surface area contributed by atoms with Gasteiger partial charge in [-0.2, -0.15) is 4.98 Å². The number of rotatable bonds is 10. The molecule has 9 atom stereocenters. The Morgan fingerprint density at radius 2 is 1.75 bits per heavy atom. The summed E-state index contributed by atoms with van der Waals surface area (Å²) >= 11 is 0. The number of carbonyl (C=O) groups is 1. The first-order valence-corrected chi connectivity index (χ1v) is 18.6. The minimum Gasteiger partial charge on any atom is -0.394 e. The van der Waals surface area contributed by atoms with Gasteiger partial charge in [-0.05, 0) is 44.4 Å². The zero-order valence-electron chi connectivity index (χ0n) is 30.6. The molecule has 3 saturated heterocycles. The number of Topliss-reactive ketones (excluding diaryl/α,β-unsaturated/α-hetero) is 1. The summed E-state index contributed by atoms with van der Waals surface area (Å²) in [5, 5.41) is 76.9. The third kappa shape index (κ3) is 7.71. The average molecular weight is 772 g/mol. The standard InChI is InChI=1S/C36H49N7O12/c1-18-22-14-38-35(40-32(22)43(20-5-3-4-6-20)33(51)26(18)19(2)45)39-25-8-7-21(13-37-25)42-11-9-41(10-12-42)17-36(52)31(50)30(23(46)16-53-36)55-34-29(49)28(48)27(47)24(15-44)54-34/h7-8,13-14,20,23-24,27-31,34,44,46-50,52H,3-6,9-12,15-17H2,1-2H3,(H,37,38,39,40)/t23-,24-,27+,28+,29-,30-,31+,34+,36?/m1/s1. The van der Waals surface area contributed by atoms with Crippen LogP contribution in [0.25, 0.3) is 11.0 Å². The Morgan fingerprint density at radius 1 is 1.02 bits per heavy atom. The van der Waals surface area contributed by atoms with Crippen molar-refractivity contribution in [3.8, 4) is 0 Å². The first kappa shape index (κ1) is 39.5. The normalized spacial score (nSPS) is 32.3. The molecule has 3 aromatic heterocycles. The van der Waals surface area contributed by atoms with Crippen LogP contribution in [0.1, 0.15) is 54.6 Å². The maximum Gasteiger partial charge on any atom is 0.263 e. The Labute approximate surface area is 315 Å². The number of ketones is 1. The second kappa shape index (κ2) is 16.0. The molecule has 0 radical (unpaired) electrons. The summed E-state index contributed by atoms with van der Waals surface area (Å²) in [5.74, 6) is -1.70. The van der Waals surface area contributed by atoms with Crippen LogP contribution < -0.4 is 15.8 Å². The number of hydrogen-bond donors (Lipinski definition) is 8. The van der Waals surface area contributed by atoms with Crippen molar-refractivity contribution in [2.45, 2.75) is 100 Å². The molecule has 1 saturated carbocycles. The molecule has 3 aromatic rings. The molecule has 0 spiro atoms. The van der Waals surface area contributed by atoms with Gasteiger partial charge in [0.1, 0.15) is 54.2 Å². The Bertz CT molecular complexity index is 1900. The summed E-state index contributed by atoms with van der Waals surface area (Å²) in [6, 6.07) is 3.65. The lowest BCUT2D eigenvalue weighted by atomic mass is 9.95. The van der Waals surface area contributed by atoms with Crippen molar-refractivity contribution >= 4 is 34.3 Å². The highest BCUT2D eigenvalue weighted by Crippen LogP contribution is 2.33. The molecule has 7 rings (SSSR count). The number of hydrogen-bond acceptors (Lipinski definition) is 18. The lowest BCUT2D eigenvalue weighted by Crippen LogP contribution is -2.68. The van der Waals surface area contributed by atoms with E-state index in [4.69, 9.17) is 19.2 Å². The van der Waals surface area contributed by atoms with Gasteiger partial charge in [0, 0.05) is 43.8 Å². The fourth-order valence-corrected chi connectivity index (χ4v) is 8.07. The highest BCUT2D eigenvalue weighted by Gasteiger charge is 2.53. The summed E-state index contributed by atoms with van der Waals surface area (Å²) in [4.78, 5) is 43.7. The van der Waals surface area contributed by atoms with E-state index in [2.05, 4.69) is 20.2 Å². The molecular formula is C36H49N7O12. The lowest BCUT2D eigenvalue weighted by Gasteiger charge is -2.48. The van der Waals surface area contributed by atoms with Crippen LogP contribution in [0.5, 0.6) is 0 Å². The first-order valence-electron chi connectivity index (χ1n) is 18.6. The number of aryl methyl sites for hydroxylation is 1. The Kier molecular flexibility index (Phi) is 11.5. The maximum atomic E-state index is 13.5. The fraction of sp³-hybridized carbons (Fsp3) is 0.639. The van der Waals surface area contributed by atoms with Crippen molar-refractivity contribution in [1.82, 2.24) is 24.4 Å². The Balaban J connectivity index is 0.974. The van der Waals surface area contributed by atoms with E-state index < -0.39 is 68.0 Å². The summed E-state index contributed by atoms with van der Waals surface area (Å²) in [6.07, 6.45) is -5.69. The molecule has 1 aliphatic carbocycles. The molecule has 4 aliphatic rings.